The minimum atomic E-state index is -5.32. The molecule has 4 nitrogen and oxygen atoms in total. The molecule has 0 saturated heterocycles. The van der Waals surface area contributed by atoms with E-state index in [0.717, 1.165) is 19.2 Å². The summed E-state index contributed by atoms with van der Waals surface area (Å²) in [5.74, 6) is -7.02. The first-order chi connectivity index (χ1) is 19.1. The molecule has 1 atom stereocenters. The third-order valence-corrected chi connectivity index (χ3v) is 7.27. The highest BCUT2D eigenvalue weighted by Gasteiger charge is 2.54. The van der Waals surface area contributed by atoms with Gasteiger partial charge in [0.2, 0.25) is 5.91 Å². The number of aryl methyl sites for hydroxylation is 1. The van der Waals surface area contributed by atoms with Gasteiger partial charge in [0.15, 0.2) is 0 Å². The Morgan fingerprint density at radius 1 is 1.02 bits per heavy atom. The quantitative estimate of drug-likeness (QED) is 0.306. The molecule has 0 heterocycles. The minimum absolute atomic E-state index is 0.0442. The summed E-state index contributed by atoms with van der Waals surface area (Å²) in [6.45, 7) is -0.323. The molecule has 16 heteroatoms. The summed E-state index contributed by atoms with van der Waals surface area (Å²) >= 11 is 11.7. The van der Waals surface area contributed by atoms with Crippen LogP contribution in [0.3, 0.4) is 0 Å². The van der Waals surface area contributed by atoms with Crippen molar-refractivity contribution in [1.82, 2.24) is 10.2 Å². The molecular weight excluding hydrogens is 633 g/mol. The molecule has 0 aromatic heterocycles. The van der Waals surface area contributed by atoms with E-state index in [9.17, 15) is 49.1 Å². The highest BCUT2D eigenvalue weighted by molar-refractivity contribution is 6.42. The van der Waals surface area contributed by atoms with Crippen LogP contribution < -0.4 is 5.32 Å². The van der Waals surface area contributed by atoms with Crippen LogP contribution in [0.5, 0.6) is 0 Å². The largest absolute Gasteiger partial charge is 0.417 e. The molecule has 3 rings (SSSR count). The van der Waals surface area contributed by atoms with Crippen LogP contribution in [0.2, 0.25) is 10.0 Å². The zero-order valence-corrected chi connectivity index (χ0v) is 23.0. The SMILES string of the molecule is Cc1cc(C(C=C(F)c2ccc(C(=O)NC3(C(=O)N(C)CC(F)(F)F)CC3)c(C(F)(F)F)c2)C(F)(F)F)cc(Cl)c1Cl. The van der Waals surface area contributed by atoms with Gasteiger partial charge in [-0.2, -0.15) is 39.5 Å². The van der Waals surface area contributed by atoms with Crippen LogP contribution in [-0.2, 0) is 11.0 Å². The number of carbonyl (C=O) groups is 2. The van der Waals surface area contributed by atoms with E-state index in [4.69, 9.17) is 23.2 Å². The number of carbonyl (C=O) groups excluding carboxylic acids is 2. The molecule has 1 aliphatic rings. The average Bonchev–Trinajstić information content (AvgIpc) is 3.62. The van der Waals surface area contributed by atoms with E-state index in [1.807, 2.05) is 5.32 Å². The highest BCUT2D eigenvalue weighted by atomic mass is 35.5. The van der Waals surface area contributed by atoms with Crippen molar-refractivity contribution in [1.29, 1.82) is 0 Å². The molecule has 1 unspecified atom stereocenters. The predicted molar refractivity (Wildman–Crippen MR) is 134 cm³/mol. The summed E-state index contributed by atoms with van der Waals surface area (Å²) in [6.07, 6.45) is -15.4. The molecule has 0 bridgehead atoms. The molecule has 2 amide bonds. The van der Waals surface area contributed by atoms with Gasteiger partial charge in [0, 0.05) is 12.6 Å². The van der Waals surface area contributed by atoms with Gasteiger partial charge < -0.3 is 10.2 Å². The number of likely N-dealkylation sites (N-methyl/N-ethyl adjacent to an activating group) is 1. The number of alkyl halides is 9. The van der Waals surface area contributed by atoms with E-state index in [0.29, 0.717) is 12.1 Å². The number of hydrogen-bond donors (Lipinski definition) is 1. The Balaban J connectivity index is 1.97. The van der Waals surface area contributed by atoms with Crippen LogP contribution in [0, 0.1) is 6.92 Å². The van der Waals surface area contributed by atoms with Crippen molar-refractivity contribution in [2.45, 2.75) is 49.8 Å². The van der Waals surface area contributed by atoms with Crippen molar-refractivity contribution in [2.24, 2.45) is 0 Å². The van der Waals surface area contributed by atoms with Crippen LogP contribution in [0.15, 0.2) is 36.4 Å². The molecule has 2 aromatic rings. The van der Waals surface area contributed by atoms with Crippen molar-refractivity contribution in [2.75, 3.05) is 13.6 Å². The maximum absolute atomic E-state index is 15.1. The number of benzene rings is 2. The minimum Gasteiger partial charge on any atom is -0.338 e. The topological polar surface area (TPSA) is 49.4 Å². The zero-order chi connectivity index (χ0) is 32.0. The average molecular weight is 653 g/mol. The smallest absolute Gasteiger partial charge is 0.338 e. The fourth-order valence-electron chi connectivity index (χ4n) is 4.19. The Morgan fingerprint density at radius 2 is 1.62 bits per heavy atom. The lowest BCUT2D eigenvalue weighted by atomic mass is 9.94. The van der Waals surface area contributed by atoms with E-state index in [1.54, 1.807) is 0 Å². The standard InChI is InChI=1S/C26H20Cl2F10N2O2/c1-12-7-14(9-18(27)20(12)28)16(25(33,34)35)10-19(29)13-3-4-15(17(8-13)26(36,37)38)21(41)39-23(5-6-23)22(42)40(2)11-24(30,31)32/h3-4,7-10,16H,5-6,11H2,1-2H3,(H,39,41). The number of amides is 2. The second-order valence-electron chi connectivity index (χ2n) is 9.74. The monoisotopic (exact) mass is 652 g/mol. The second-order valence-corrected chi connectivity index (χ2v) is 10.5. The van der Waals surface area contributed by atoms with Gasteiger partial charge in [0.25, 0.3) is 5.91 Å². The Hall–Kier alpha value is -3.00. The third-order valence-electron chi connectivity index (χ3n) is 6.38. The summed E-state index contributed by atoms with van der Waals surface area (Å²) in [7, 11) is 0.806. The highest BCUT2D eigenvalue weighted by Crippen LogP contribution is 2.43. The first-order valence-electron chi connectivity index (χ1n) is 11.8. The van der Waals surface area contributed by atoms with Gasteiger partial charge in [-0.05, 0) is 55.2 Å². The molecule has 0 spiro atoms. The van der Waals surface area contributed by atoms with E-state index in [2.05, 4.69) is 0 Å². The maximum atomic E-state index is 15.1. The summed E-state index contributed by atoms with van der Waals surface area (Å²) in [5.41, 5.74) is -6.10. The first kappa shape index (κ1) is 33.5. The van der Waals surface area contributed by atoms with Gasteiger partial charge in [0.05, 0.1) is 21.2 Å². The van der Waals surface area contributed by atoms with Crippen molar-refractivity contribution >= 4 is 40.8 Å². The van der Waals surface area contributed by atoms with Crippen LogP contribution in [-0.4, -0.2) is 48.2 Å². The lowest BCUT2D eigenvalue weighted by Gasteiger charge is -2.25. The van der Waals surface area contributed by atoms with Gasteiger partial charge in [-0.1, -0.05) is 35.3 Å². The summed E-state index contributed by atoms with van der Waals surface area (Å²) in [6, 6.07) is 3.07. The number of hydrogen-bond acceptors (Lipinski definition) is 2. The lowest BCUT2D eigenvalue weighted by Crippen LogP contribution is -2.51. The Kier molecular flexibility index (Phi) is 9.24. The predicted octanol–water partition coefficient (Wildman–Crippen LogP) is 8.26. The molecule has 0 aliphatic heterocycles. The van der Waals surface area contributed by atoms with Crippen LogP contribution in [0.4, 0.5) is 43.9 Å². The number of rotatable bonds is 7. The molecule has 1 saturated carbocycles. The van der Waals surface area contributed by atoms with Crippen molar-refractivity contribution in [3.63, 3.8) is 0 Å². The molecule has 1 fully saturated rings. The third kappa shape index (κ3) is 7.68. The van der Waals surface area contributed by atoms with Gasteiger partial charge >= 0.3 is 18.5 Å². The van der Waals surface area contributed by atoms with Crippen molar-refractivity contribution in [3.05, 3.63) is 74.3 Å². The van der Waals surface area contributed by atoms with Gasteiger partial charge in [-0.25, -0.2) is 4.39 Å². The summed E-state index contributed by atoms with van der Waals surface area (Å²) < 4.78 is 136. The van der Waals surface area contributed by atoms with E-state index >= 15 is 4.39 Å². The van der Waals surface area contributed by atoms with E-state index in [1.165, 1.54) is 6.92 Å². The van der Waals surface area contributed by atoms with Crippen molar-refractivity contribution < 1.29 is 53.5 Å². The second kappa shape index (κ2) is 11.6. The Bertz CT molecular complexity index is 1390. The maximum Gasteiger partial charge on any atom is 0.417 e. The molecule has 0 radical (unpaired) electrons. The van der Waals surface area contributed by atoms with Gasteiger partial charge in [0.1, 0.15) is 23.8 Å². The molecular formula is C26H20Cl2F10N2O2. The van der Waals surface area contributed by atoms with Gasteiger partial charge in [-0.3, -0.25) is 9.59 Å². The van der Waals surface area contributed by atoms with Crippen LogP contribution in [0.1, 0.15) is 51.4 Å². The normalized spacial score (nSPS) is 16.2. The Morgan fingerprint density at radius 3 is 2.10 bits per heavy atom. The molecule has 2 aromatic carbocycles. The van der Waals surface area contributed by atoms with Crippen LogP contribution in [0.25, 0.3) is 5.83 Å². The fraction of sp³-hybridized carbons (Fsp3) is 0.385. The molecule has 1 N–H and O–H groups in total. The number of halogens is 12. The van der Waals surface area contributed by atoms with E-state index in [-0.39, 0.29) is 45.5 Å². The van der Waals surface area contributed by atoms with Crippen LogP contribution >= 0.6 is 23.2 Å². The molecule has 1 aliphatic carbocycles. The Labute approximate surface area is 242 Å². The summed E-state index contributed by atoms with van der Waals surface area (Å²) in [5, 5.41) is 1.71. The number of allylic oxidation sites excluding steroid dienone is 1. The first-order valence-corrected chi connectivity index (χ1v) is 12.6. The summed E-state index contributed by atoms with van der Waals surface area (Å²) in [4.78, 5) is 25.5. The van der Waals surface area contributed by atoms with Gasteiger partial charge in [-0.15, -0.1) is 0 Å². The number of nitrogens with zero attached hydrogens (tertiary/aromatic N) is 1. The number of nitrogens with one attached hydrogen (secondary N) is 1. The zero-order valence-electron chi connectivity index (χ0n) is 21.5. The molecule has 230 valence electrons. The fourth-order valence-corrected chi connectivity index (χ4v) is 4.57. The van der Waals surface area contributed by atoms with Crippen molar-refractivity contribution in [3.8, 4) is 0 Å². The van der Waals surface area contributed by atoms with E-state index < -0.39 is 76.4 Å². The molecule has 42 heavy (non-hydrogen) atoms. The lowest BCUT2D eigenvalue weighted by molar-refractivity contribution is -0.160.